The molecule has 0 spiro atoms. The second kappa shape index (κ2) is 11.0. The first kappa shape index (κ1) is 23.0. The average molecular weight is 387 g/mol. The molecule has 0 saturated carbocycles. The van der Waals surface area contributed by atoms with Crippen LogP contribution in [-0.2, 0) is 14.3 Å². The molecule has 2 fully saturated rings. The van der Waals surface area contributed by atoms with E-state index in [0.29, 0.717) is 0 Å². The highest BCUT2D eigenvalue weighted by Crippen LogP contribution is 2.12. The van der Waals surface area contributed by atoms with Crippen molar-refractivity contribution in [1.29, 1.82) is 0 Å². The molecule has 3 rings (SSSR count). The second-order valence-corrected chi connectivity index (χ2v) is 9.01. The van der Waals surface area contributed by atoms with Gasteiger partial charge in [0.1, 0.15) is 0 Å². The van der Waals surface area contributed by atoms with Crippen LogP contribution in [0.25, 0.3) is 0 Å². The fourth-order valence-corrected chi connectivity index (χ4v) is 3.53. The minimum Gasteiger partial charge on any atom is -0.392 e. The van der Waals surface area contributed by atoms with Crippen LogP contribution in [0.5, 0.6) is 0 Å². The quantitative estimate of drug-likeness (QED) is 0.784. The zero-order chi connectivity index (χ0) is 19.7. The van der Waals surface area contributed by atoms with E-state index in [0.717, 1.165) is 38.1 Å². The zero-order valence-corrected chi connectivity index (χ0v) is 17.5. The number of β-amino-alcohol motifs (C(OH)–C–C–N with tert-alkyl or cyclic N) is 1. The van der Waals surface area contributed by atoms with E-state index in [2.05, 4.69) is 28.0 Å². The number of hydrogen-bond donors (Lipinski definition) is 1. The Kier molecular flexibility index (Phi) is 9.74. The molecule has 26 heavy (non-hydrogen) atoms. The fraction of sp³-hybridized carbons (Fsp3) is 0.684. The molecule has 6 nitrogen and oxygen atoms in total. The van der Waals surface area contributed by atoms with Gasteiger partial charge in [0, 0.05) is 19.6 Å². The van der Waals surface area contributed by atoms with Crippen molar-refractivity contribution in [2.45, 2.75) is 37.7 Å². The molecule has 1 aromatic carbocycles. The minimum absolute atomic E-state index is 0.0509. The highest BCUT2D eigenvalue weighted by atomic mass is 32.2. The Hall–Kier alpha value is -0.990. The lowest BCUT2D eigenvalue weighted by molar-refractivity contribution is 0.183. The number of hydrogen-bond acceptors (Lipinski definition) is 6. The number of likely N-dealkylation sites (tertiary alicyclic amines) is 2. The Bertz CT molecular complexity index is 585. The fourth-order valence-electron chi connectivity index (χ4n) is 2.87. The van der Waals surface area contributed by atoms with Gasteiger partial charge in [0.25, 0.3) is 10.1 Å². The molecular weight excluding hydrogens is 352 g/mol. The molecule has 0 radical (unpaired) electrons. The molecule has 0 amide bonds. The highest BCUT2D eigenvalue weighted by molar-refractivity contribution is 7.86. The number of rotatable bonds is 2. The van der Waals surface area contributed by atoms with Gasteiger partial charge >= 0.3 is 0 Å². The predicted molar refractivity (Wildman–Crippen MR) is 105 cm³/mol. The number of benzene rings is 1. The molecule has 0 unspecified atom stereocenters. The van der Waals surface area contributed by atoms with Gasteiger partial charge in [-0.2, -0.15) is 8.42 Å². The van der Waals surface area contributed by atoms with Crippen LogP contribution in [0, 0.1) is 12.8 Å². The third-order valence-electron chi connectivity index (χ3n) is 4.52. The first-order valence-electron chi connectivity index (χ1n) is 9.06. The molecule has 1 aromatic rings. The summed E-state index contributed by atoms with van der Waals surface area (Å²) in [5.74, 6) is 0.949. The Morgan fingerprint density at radius 2 is 1.58 bits per heavy atom. The van der Waals surface area contributed by atoms with Crippen LogP contribution < -0.4 is 0 Å². The minimum atomic E-state index is -3.51. The Labute approximate surface area is 158 Å². The van der Waals surface area contributed by atoms with Crippen molar-refractivity contribution in [3.05, 3.63) is 29.8 Å². The predicted octanol–water partition coefficient (Wildman–Crippen LogP) is 1.97. The molecule has 0 aromatic heterocycles. The normalized spacial score (nSPS) is 23.8. The maximum atomic E-state index is 11.1. The second-order valence-electron chi connectivity index (χ2n) is 7.29. The summed E-state index contributed by atoms with van der Waals surface area (Å²) < 4.78 is 26.5. The molecule has 2 heterocycles. The van der Waals surface area contributed by atoms with Gasteiger partial charge in [-0.3, -0.25) is 4.18 Å². The number of aryl methyl sites for hydroxylation is 1. The summed E-state index contributed by atoms with van der Waals surface area (Å²) in [6.45, 7) is 8.73. The molecular formula is C19H34N2O4S. The Balaban J connectivity index is 0.000000207. The first-order chi connectivity index (χ1) is 12.1. The third-order valence-corrected chi connectivity index (χ3v) is 5.81. The maximum absolute atomic E-state index is 11.1. The van der Waals surface area contributed by atoms with Gasteiger partial charge in [-0.15, -0.1) is 0 Å². The summed E-state index contributed by atoms with van der Waals surface area (Å²) >= 11 is 0. The van der Waals surface area contributed by atoms with E-state index in [4.69, 9.17) is 5.11 Å². The lowest BCUT2D eigenvalue weighted by atomic mass is 10.2. The standard InChI is InChI=1S/C8H10O3S.C6H13N.C5H11NO/c1-7-3-5-8(6-4-7)12(9,10)11-2;1-6-3-4-7(2)5-6;1-6-3-2-5(7)4-6/h3-6H,1-2H3;6H,3-5H2,1-2H3;5,7H,2-4H2,1H3/t;6-;5-/m.01/s1. The van der Waals surface area contributed by atoms with Crippen LogP contribution in [0.15, 0.2) is 29.2 Å². The van der Waals surface area contributed by atoms with Gasteiger partial charge < -0.3 is 14.9 Å². The highest BCUT2D eigenvalue weighted by Gasteiger charge is 2.15. The monoisotopic (exact) mass is 386 g/mol. The van der Waals surface area contributed by atoms with Gasteiger partial charge in [0.05, 0.1) is 18.1 Å². The van der Waals surface area contributed by atoms with Crippen molar-refractivity contribution in [2.24, 2.45) is 5.92 Å². The van der Waals surface area contributed by atoms with E-state index in [9.17, 15) is 8.42 Å². The SMILES string of the molecule is CN1CC[C@@H](O)C1.COS(=O)(=O)c1ccc(C)cc1.C[C@H]1CCN(C)C1. The summed E-state index contributed by atoms with van der Waals surface area (Å²) in [6, 6.07) is 6.50. The van der Waals surface area contributed by atoms with Crippen LogP contribution in [0.1, 0.15) is 25.3 Å². The zero-order valence-electron chi connectivity index (χ0n) is 16.7. The van der Waals surface area contributed by atoms with E-state index in [1.54, 1.807) is 12.1 Å². The largest absolute Gasteiger partial charge is 0.392 e. The third kappa shape index (κ3) is 8.60. The number of likely N-dealkylation sites (N-methyl/N-ethyl adjacent to an activating group) is 1. The topological polar surface area (TPSA) is 70.1 Å². The molecule has 150 valence electrons. The molecule has 1 N–H and O–H groups in total. The summed E-state index contributed by atoms with van der Waals surface area (Å²) in [5.41, 5.74) is 1.02. The maximum Gasteiger partial charge on any atom is 0.296 e. The summed E-state index contributed by atoms with van der Waals surface area (Å²) in [5, 5.41) is 8.86. The van der Waals surface area contributed by atoms with E-state index in [1.807, 2.05) is 14.0 Å². The smallest absolute Gasteiger partial charge is 0.296 e. The number of aliphatic hydroxyl groups excluding tert-OH is 1. The van der Waals surface area contributed by atoms with Crippen LogP contribution in [-0.4, -0.2) is 76.8 Å². The summed E-state index contributed by atoms with van der Waals surface area (Å²) in [7, 11) is 1.84. The number of nitrogens with zero attached hydrogens (tertiary/aromatic N) is 2. The van der Waals surface area contributed by atoms with Gasteiger partial charge in [-0.25, -0.2) is 0 Å². The van der Waals surface area contributed by atoms with Crippen LogP contribution in [0.3, 0.4) is 0 Å². The first-order valence-corrected chi connectivity index (χ1v) is 10.5. The van der Waals surface area contributed by atoms with E-state index < -0.39 is 10.1 Å². The van der Waals surface area contributed by atoms with Crippen molar-refractivity contribution < 1.29 is 17.7 Å². The van der Waals surface area contributed by atoms with Crippen LogP contribution in [0.4, 0.5) is 0 Å². The van der Waals surface area contributed by atoms with E-state index >= 15 is 0 Å². The molecule has 0 aliphatic carbocycles. The van der Waals surface area contributed by atoms with Gasteiger partial charge in [0.15, 0.2) is 0 Å². The average Bonchev–Trinajstić information content (AvgIpc) is 3.15. The molecule has 2 atom stereocenters. The van der Waals surface area contributed by atoms with Gasteiger partial charge in [0.2, 0.25) is 0 Å². The Morgan fingerprint density at radius 3 is 1.85 bits per heavy atom. The van der Waals surface area contributed by atoms with Gasteiger partial charge in [-0.1, -0.05) is 24.6 Å². The van der Waals surface area contributed by atoms with Crippen molar-refractivity contribution in [3.63, 3.8) is 0 Å². The van der Waals surface area contributed by atoms with Gasteiger partial charge in [-0.05, 0) is 58.5 Å². The lowest BCUT2D eigenvalue weighted by Gasteiger charge is -2.03. The summed E-state index contributed by atoms with van der Waals surface area (Å²) in [6.07, 6.45) is 2.30. The molecule has 7 heteroatoms. The van der Waals surface area contributed by atoms with Crippen LogP contribution >= 0.6 is 0 Å². The van der Waals surface area contributed by atoms with Crippen molar-refractivity contribution >= 4 is 10.1 Å². The molecule has 2 aliphatic heterocycles. The van der Waals surface area contributed by atoms with Crippen molar-refractivity contribution in [3.8, 4) is 0 Å². The van der Waals surface area contributed by atoms with Crippen molar-refractivity contribution in [1.82, 2.24) is 9.80 Å². The van der Waals surface area contributed by atoms with Crippen molar-refractivity contribution in [2.75, 3.05) is 47.4 Å². The van der Waals surface area contributed by atoms with E-state index in [-0.39, 0.29) is 11.0 Å². The number of aliphatic hydroxyl groups is 1. The van der Waals surface area contributed by atoms with Crippen LogP contribution in [0.2, 0.25) is 0 Å². The lowest BCUT2D eigenvalue weighted by Crippen LogP contribution is -2.15. The molecule has 2 aliphatic rings. The summed E-state index contributed by atoms with van der Waals surface area (Å²) in [4.78, 5) is 4.70. The molecule has 0 bridgehead atoms. The Morgan fingerprint density at radius 1 is 1.04 bits per heavy atom. The van der Waals surface area contributed by atoms with E-state index in [1.165, 1.54) is 31.6 Å². The molecule has 2 saturated heterocycles.